The summed E-state index contributed by atoms with van der Waals surface area (Å²) in [6, 6.07) is 5.85. The topological polar surface area (TPSA) is 59.1 Å². The summed E-state index contributed by atoms with van der Waals surface area (Å²) in [6.45, 7) is 3.37. The molecule has 3 rings (SSSR count). The second kappa shape index (κ2) is 9.74. The van der Waals surface area contributed by atoms with Crippen LogP contribution in [-0.2, 0) is 9.59 Å². The van der Waals surface area contributed by atoms with Crippen LogP contribution >= 0.6 is 11.8 Å². The number of nitrogens with zero attached hydrogens (tertiary/aromatic N) is 2. The maximum Gasteiger partial charge on any atom is 0.236 e. The van der Waals surface area contributed by atoms with Crippen LogP contribution in [0.2, 0.25) is 0 Å². The number of amides is 2. The summed E-state index contributed by atoms with van der Waals surface area (Å²) in [6.07, 6.45) is 4.79. The quantitative estimate of drug-likeness (QED) is 0.610. The van der Waals surface area contributed by atoms with E-state index in [4.69, 9.17) is 9.47 Å². The Morgan fingerprint density at radius 1 is 1.24 bits per heavy atom. The molecule has 0 spiro atoms. The minimum atomic E-state index is -0.0418. The minimum Gasteiger partial charge on any atom is -0.493 e. The molecule has 0 bridgehead atoms. The first-order valence-corrected chi connectivity index (χ1v) is 11.4. The van der Waals surface area contributed by atoms with Gasteiger partial charge < -0.3 is 19.3 Å². The van der Waals surface area contributed by atoms with Crippen LogP contribution in [0.25, 0.3) is 0 Å². The van der Waals surface area contributed by atoms with Crippen LogP contribution in [0.4, 0.5) is 0 Å². The fourth-order valence-electron chi connectivity index (χ4n) is 3.91. The second-order valence-electron chi connectivity index (χ2n) is 7.77. The van der Waals surface area contributed by atoms with E-state index in [-0.39, 0.29) is 28.4 Å². The first kappa shape index (κ1) is 21.8. The summed E-state index contributed by atoms with van der Waals surface area (Å²) in [5.41, 5.74) is 1.04. The summed E-state index contributed by atoms with van der Waals surface area (Å²) in [5.74, 6) is 2.00. The van der Waals surface area contributed by atoms with E-state index < -0.39 is 0 Å². The Balaban J connectivity index is 1.67. The van der Waals surface area contributed by atoms with Crippen molar-refractivity contribution in [3.05, 3.63) is 23.8 Å². The molecule has 0 N–H and O–H groups in total. The van der Waals surface area contributed by atoms with Gasteiger partial charge in [-0.25, -0.2) is 0 Å². The molecule has 6 nitrogen and oxygen atoms in total. The minimum absolute atomic E-state index is 0.0255. The zero-order valence-corrected chi connectivity index (χ0v) is 18.7. The Labute approximate surface area is 177 Å². The van der Waals surface area contributed by atoms with Crippen LogP contribution in [0.3, 0.4) is 0 Å². The second-order valence-corrected chi connectivity index (χ2v) is 9.06. The van der Waals surface area contributed by atoms with Crippen LogP contribution in [0.1, 0.15) is 50.0 Å². The molecule has 1 saturated heterocycles. The molecule has 2 fully saturated rings. The molecule has 29 heavy (non-hydrogen) atoms. The zero-order chi connectivity index (χ0) is 21.0. The molecular weight excluding hydrogens is 388 g/mol. The van der Waals surface area contributed by atoms with Gasteiger partial charge in [-0.2, -0.15) is 0 Å². The monoisotopic (exact) mass is 420 g/mol. The van der Waals surface area contributed by atoms with Gasteiger partial charge in [0.25, 0.3) is 0 Å². The molecule has 1 saturated carbocycles. The van der Waals surface area contributed by atoms with Gasteiger partial charge in [-0.1, -0.05) is 19.4 Å². The van der Waals surface area contributed by atoms with Gasteiger partial charge in [0, 0.05) is 26.1 Å². The lowest BCUT2D eigenvalue weighted by Crippen LogP contribution is -2.38. The number of ether oxygens (including phenoxy) is 2. The molecule has 0 unspecified atom stereocenters. The molecule has 160 valence electrons. The highest BCUT2D eigenvalue weighted by atomic mass is 32.2. The largest absolute Gasteiger partial charge is 0.493 e. The molecule has 1 aromatic carbocycles. The maximum atomic E-state index is 12.9. The van der Waals surface area contributed by atoms with Gasteiger partial charge in [0.2, 0.25) is 11.8 Å². The van der Waals surface area contributed by atoms with Gasteiger partial charge in [0.05, 0.1) is 19.5 Å². The molecule has 2 amide bonds. The molecular formula is C22H32N2O4S. The Hall–Kier alpha value is -1.89. The molecule has 7 heteroatoms. The molecule has 1 aliphatic carbocycles. The zero-order valence-electron chi connectivity index (χ0n) is 17.8. The number of benzene rings is 1. The summed E-state index contributed by atoms with van der Waals surface area (Å²) < 4.78 is 10.8. The van der Waals surface area contributed by atoms with Gasteiger partial charge in [-0.3, -0.25) is 9.59 Å². The third kappa shape index (κ3) is 4.65. The van der Waals surface area contributed by atoms with Gasteiger partial charge in [-0.15, -0.1) is 11.8 Å². The predicted octanol–water partition coefficient (Wildman–Crippen LogP) is 3.71. The Kier molecular flexibility index (Phi) is 7.33. The molecule has 1 heterocycles. The maximum absolute atomic E-state index is 12.9. The Morgan fingerprint density at radius 2 is 1.97 bits per heavy atom. The molecule has 1 aromatic rings. The smallest absolute Gasteiger partial charge is 0.236 e. The Morgan fingerprint density at radius 3 is 2.55 bits per heavy atom. The number of hydrogen-bond acceptors (Lipinski definition) is 5. The normalized spacial score (nSPS) is 21.8. The first-order chi connectivity index (χ1) is 14.0. The van der Waals surface area contributed by atoms with E-state index in [9.17, 15) is 9.59 Å². The van der Waals surface area contributed by atoms with Crippen LogP contribution < -0.4 is 9.47 Å². The van der Waals surface area contributed by atoms with Crippen molar-refractivity contribution < 1.29 is 19.1 Å². The number of methoxy groups -OCH3 is 2. The average Bonchev–Trinajstić information content (AvgIpc) is 3.01. The van der Waals surface area contributed by atoms with E-state index in [1.54, 1.807) is 26.0 Å². The van der Waals surface area contributed by atoms with Crippen molar-refractivity contribution in [3.63, 3.8) is 0 Å². The molecule has 1 aliphatic heterocycles. The molecule has 2 aliphatic rings. The number of rotatable bonds is 9. The highest BCUT2D eigenvalue weighted by Gasteiger charge is 2.40. The van der Waals surface area contributed by atoms with Gasteiger partial charge in [0.1, 0.15) is 5.37 Å². The van der Waals surface area contributed by atoms with Crippen molar-refractivity contribution in [2.45, 2.75) is 49.7 Å². The predicted molar refractivity (Wildman–Crippen MR) is 115 cm³/mol. The van der Waals surface area contributed by atoms with Crippen LogP contribution in [0.5, 0.6) is 11.5 Å². The number of carbonyl (C=O) groups is 2. The number of carbonyl (C=O) groups excluding carboxylic acids is 2. The summed E-state index contributed by atoms with van der Waals surface area (Å²) in [7, 11) is 5.12. The van der Waals surface area contributed by atoms with E-state index in [2.05, 4.69) is 6.92 Å². The van der Waals surface area contributed by atoms with Crippen LogP contribution in [0.15, 0.2) is 18.2 Å². The standard InChI is InChI=1S/C22H32N2O4S/c1-5-19-21(26)24(13-7-12-23(2)20(25)15-8-6-9-15)22(29-19)16-10-11-17(27-3)18(14-16)28-4/h10-11,14-15,19,22H,5-9,12-13H2,1-4H3/t19-,22+/m1/s1. The lowest BCUT2D eigenvalue weighted by molar-refractivity contribution is -0.136. The highest BCUT2D eigenvalue weighted by molar-refractivity contribution is 8.01. The first-order valence-electron chi connectivity index (χ1n) is 10.4. The number of thioether (sulfide) groups is 1. The fraction of sp³-hybridized carbons (Fsp3) is 0.636. The van der Waals surface area contributed by atoms with Gasteiger partial charge >= 0.3 is 0 Å². The van der Waals surface area contributed by atoms with Crippen molar-refractivity contribution >= 4 is 23.6 Å². The van der Waals surface area contributed by atoms with Crippen molar-refractivity contribution in [2.75, 3.05) is 34.4 Å². The summed E-state index contributed by atoms with van der Waals surface area (Å²) >= 11 is 1.69. The third-order valence-electron chi connectivity index (χ3n) is 5.92. The lowest BCUT2D eigenvalue weighted by Gasteiger charge is -2.30. The van der Waals surface area contributed by atoms with Crippen LogP contribution in [0, 0.1) is 5.92 Å². The van der Waals surface area contributed by atoms with Crippen molar-refractivity contribution in [1.82, 2.24) is 9.80 Å². The third-order valence-corrected chi connectivity index (χ3v) is 7.57. The molecule has 0 aromatic heterocycles. The van der Waals surface area contributed by atoms with Crippen molar-refractivity contribution in [2.24, 2.45) is 5.92 Å². The van der Waals surface area contributed by atoms with Crippen LogP contribution in [-0.4, -0.2) is 61.2 Å². The van der Waals surface area contributed by atoms with E-state index in [1.165, 1.54) is 0 Å². The fourth-order valence-corrected chi connectivity index (χ4v) is 5.32. The van der Waals surface area contributed by atoms with E-state index in [0.717, 1.165) is 37.7 Å². The van der Waals surface area contributed by atoms with E-state index >= 15 is 0 Å². The summed E-state index contributed by atoms with van der Waals surface area (Å²) in [5, 5.41) is -0.0673. The SMILES string of the molecule is CC[C@H]1S[C@@H](c2ccc(OC)c(OC)c2)N(CCCN(C)C(=O)C2CCC2)C1=O. The average molecular weight is 421 g/mol. The highest BCUT2D eigenvalue weighted by Crippen LogP contribution is 2.45. The summed E-state index contributed by atoms with van der Waals surface area (Å²) in [4.78, 5) is 29.1. The van der Waals surface area contributed by atoms with Crippen molar-refractivity contribution in [3.8, 4) is 11.5 Å². The Bertz CT molecular complexity index is 738. The van der Waals surface area contributed by atoms with Gasteiger partial charge in [0.15, 0.2) is 11.5 Å². The van der Waals surface area contributed by atoms with E-state index in [1.807, 2.05) is 35.0 Å². The van der Waals surface area contributed by atoms with Gasteiger partial charge in [-0.05, 0) is 43.4 Å². The number of hydrogen-bond donors (Lipinski definition) is 0. The molecule has 2 atom stereocenters. The van der Waals surface area contributed by atoms with Crippen molar-refractivity contribution in [1.29, 1.82) is 0 Å². The lowest BCUT2D eigenvalue weighted by atomic mass is 9.84. The molecule has 0 radical (unpaired) electrons. The van der Waals surface area contributed by atoms with E-state index in [0.29, 0.717) is 24.6 Å².